The van der Waals surface area contributed by atoms with Gasteiger partial charge in [-0.3, -0.25) is 0 Å². The van der Waals surface area contributed by atoms with Crippen LogP contribution < -0.4 is 5.32 Å². The highest BCUT2D eigenvalue weighted by atomic mass is 32.2. The fourth-order valence-corrected chi connectivity index (χ4v) is 6.43. The van der Waals surface area contributed by atoms with E-state index in [0.717, 1.165) is 53.3 Å². The van der Waals surface area contributed by atoms with Gasteiger partial charge in [0.15, 0.2) is 0 Å². The molecule has 2 bridgehead atoms. The van der Waals surface area contributed by atoms with Crippen molar-refractivity contribution in [3.63, 3.8) is 0 Å². The van der Waals surface area contributed by atoms with Crippen LogP contribution in [0.4, 0.5) is 0 Å². The van der Waals surface area contributed by atoms with Gasteiger partial charge >= 0.3 is 0 Å². The van der Waals surface area contributed by atoms with Crippen LogP contribution in [0.15, 0.2) is 24.3 Å². The molecule has 0 amide bonds. The number of benzene rings is 1. The molecule has 3 fully saturated rings. The minimum Gasteiger partial charge on any atom is -0.313 e. The topological polar surface area (TPSA) is 35.8 Å². The highest BCUT2D eigenvalue weighted by Gasteiger charge is 2.53. The Morgan fingerprint density at radius 3 is 2.91 bits per heavy atom. The summed E-state index contributed by atoms with van der Waals surface area (Å²) in [4.78, 5) is 0. The molecular weight excluding hydrogens is 300 g/mol. The monoisotopic (exact) mass is 326 g/mol. The van der Waals surface area contributed by atoms with E-state index in [1.165, 1.54) is 37.7 Å². The molecule has 0 unspecified atom stereocenters. The standard InChI is InChI=1S/C20H26N2S/c21-12-14-4-1-2-5-15(14)13-23-9-8-22-20-11-16-10-19(20)18-7-3-6-17(16)18/h1-2,4-5,16-20,22H,3,6-11,13H2/t16-,17-,18+,19+,20+/m1/s1. The van der Waals surface area contributed by atoms with Crippen molar-refractivity contribution in [3.8, 4) is 6.07 Å². The van der Waals surface area contributed by atoms with Gasteiger partial charge in [-0.25, -0.2) is 0 Å². The summed E-state index contributed by atoms with van der Waals surface area (Å²) in [5.74, 6) is 6.27. The zero-order chi connectivity index (χ0) is 15.6. The second-order valence-corrected chi connectivity index (χ2v) is 8.64. The van der Waals surface area contributed by atoms with Crippen LogP contribution in [0.2, 0.25) is 0 Å². The van der Waals surface area contributed by atoms with Gasteiger partial charge < -0.3 is 5.32 Å². The molecule has 0 aromatic heterocycles. The molecule has 3 aliphatic carbocycles. The molecule has 23 heavy (non-hydrogen) atoms. The molecule has 5 atom stereocenters. The first kappa shape index (κ1) is 15.5. The molecule has 0 radical (unpaired) electrons. The summed E-state index contributed by atoms with van der Waals surface area (Å²) in [6, 6.07) is 11.1. The first-order valence-corrected chi connectivity index (χ1v) is 10.3. The van der Waals surface area contributed by atoms with Gasteiger partial charge in [0.05, 0.1) is 11.6 Å². The molecule has 3 aliphatic rings. The van der Waals surface area contributed by atoms with E-state index < -0.39 is 0 Å². The van der Waals surface area contributed by atoms with Crippen LogP contribution in [0.25, 0.3) is 0 Å². The van der Waals surface area contributed by atoms with Gasteiger partial charge in [-0.1, -0.05) is 24.6 Å². The van der Waals surface area contributed by atoms with Crippen LogP contribution >= 0.6 is 11.8 Å². The quantitative estimate of drug-likeness (QED) is 0.796. The van der Waals surface area contributed by atoms with Crippen LogP contribution in [0, 0.1) is 35.0 Å². The lowest BCUT2D eigenvalue weighted by Crippen LogP contribution is -2.40. The summed E-state index contributed by atoms with van der Waals surface area (Å²) in [6.07, 6.45) is 7.46. The minimum atomic E-state index is 0.798. The number of nitriles is 1. The van der Waals surface area contributed by atoms with Crippen LogP contribution in [-0.4, -0.2) is 18.3 Å². The number of hydrogen-bond donors (Lipinski definition) is 1. The Hall–Kier alpha value is -0.980. The molecule has 2 nitrogen and oxygen atoms in total. The smallest absolute Gasteiger partial charge is 0.0994 e. The largest absolute Gasteiger partial charge is 0.313 e. The van der Waals surface area contributed by atoms with Gasteiger partial charge in [0.1, 0.15) is 0 Å². The fraction of sp³-hybridized carbons (Fsp3) is 0.650. The van der Waals surface area contributed by atoms with E-state index in [-0.39, 0.29) is 0 Å². The average molecular weight is 327 g/mol. The minimum absolute atomic E-state index is 0.798. The van der Waals surface area contributed by atoms with Crippen LogP contribution in [0.5, 0.6) is 0 Å². The highest BCUT2D eigenvalue weighted by molar-refractivity contribution is 7.98. The van der Waals surface area contributed by atoms with E-state index in [9.17, 15) is 0 Å². The highest BCUT2D eigenvalue weighted by Crippen LogP contribution is 2.58. The van der Waals surface area contributed by atoms with Crippen molar-refractivity contribution in [2.45, 2.75) is 43.9 Å². The molecule has 0 saturated heterocycles. The predicted octanol–water partition coefficient (Wildman–Crippen LogP) is 4.21. The maximum Gasteiger partial charge on any atom is 0.0994 e. The number of nitrogens with one attached hydrogen (secondary N) is 1. The number of rotatable bonds is 6. The zero-order valence-electron chi connectivity index (χ0n) is 13.7. The second-order valence-electron chi connectivity index (χ2n) is 7.54. The Balaban J connectivity index is 1.19. The summed E-state index contributed by atoms with van der Waals surface area (Å²) in [5.41, 5.74) is 2.00. The summed E-state index contributed by atoms with van der Waals surface area (Å²) in [5, 5.41) is 13.0. The second kappa shape index (κ2) is 6.87. The Bertz CT molecular complexity index is 594. The number of hydrogen-bond acceptors (Lipinski definition) is 3. The average Bonchev–Trinajstić information content (AvgIpc) is 3.27. The summed E-state index contributed by atoms with van der Waals surface area (Å²) in [7, 11) is 0. The van der Waals surface area contributed by atoms with E-state index in [0.29, 0.717) is 0 Å². The molecule has 3 heteroatoms. The van der Waals surface area contributed by atoms with Gasteiger partial charge in [0, 0.05) is 24.1 Å². The first-order valence-electron chi connectivity index (χ1n) is 9.16. The van der Waals surface area contributed by atoms with Gasteiger partial charge in [0.25, 0.3) is 0 Å². The third kappa shape index (κ3) is 3.04. The maximum atomic E-state index is 9.13. The van der Waals surface area contributed by atoms with Crippen molar-refractivity contribution in [1.82, 2.24) is 5.32 Å². The molecular formula is C20H26N2S. The third-order valence-electron chi connectivity index (χ3n) is 6.48. The third-order valence-corrected chi connectivity index (χ3v) is 7.48. The Labute approximate surface area is 144 Å². The summed E-state index contributed by atoms with van der Waals surface area (Å²) in [6.45, 7) is 1.12. The van der Waals surface area contributed by atoms with Crippen molar-refractivity contribution in [3.05, 3.63) is 35.4 Å². The van der Waals surface area contributed by atoms with Crippen molar-refractivity contribution >= 4 is 11.8 Å². The van der Waals surface area contributed by atoms with E-state index in [2.05, 4.69) is 17.5 Å². The van der Waals surface area contributed by atoms with Crippen molar-refractivity contribution in [1.29, 1.82) is 5.26 Å². The first-order chi connectivity index (χ1) is 11.4. The van der Waals surface area contributed by atoms with Crippen molar-refractivity contribution in [2.24, 2.45) is 23.7 Å². The molecule has 0 aliphatic heterocycles. The number of nitrogens with zero attached hydrogens (tertiary/aromatic N) is 1. The number of thioether (sulfide) groups is 1. The summed E-state index contributed by atoms with van der Waals surface area (Å²) < 4.78 is 0. The van der Waals surface area contributed by atoms with E-state index in [1.54, 1.807) is 0 Å². The maximum absolute atomic E-state index is 9.13. The van der Waals surface area contributed by atoms with Crippen molar-refractivity contribution in [2.75, 3.05) is 12.3 Å². The van der Waals surface area contributed by atoms with Gasteiger partial charge in [0.2, 0.25) is 0 Å². The molecule has 122 valence electrons. The zero-order valence-corrected chi connectivity index (χ0v) is 14.5. The van der Waals surface area contributed by atoms with Crippen LogP contribution in [0.3, 0.4) is 0 Å². The van der Waals surface area contributed by atoms with E-state index in [4.69, 9.17) is 5.26 Å². The molecule has 0 spiro atoms. The lowest BCUT2D eigenvalue weighted by molar-refractivity contribution is 0.211. The van der Waals surface area contributed by atoms with Gasteiger partial charge in [-0.05, 0) is 61.0 Å². The molecule has 4 rings (SSSR count). The lowest BCUT2D eigenvalue weighted by atomic mass is 9.79. The molecule has 1 N–H and O–H groups in total. The fourth-order valence-electron chi connectivity index (χ4n) is 5.56. The van der Waals surface area contributed by atoms with Gasteiger partial charge in [-0.15, -0.1) is 0 Å². The molecule has 1 aromatic carbocycles. The van der Waals surface area contributed by atoms with Crippen LogP contribution in [-0.2, 0) is 5.75 Å². The molecule has 1 aromatic rings. The van der Waals surface area contributed by atoms with E-state index in [1.807, 2.05) is 30.0 Å². The molecule has 3 saturated carbocycles. The Morgan fingerprint density at radius 1 is 1.13 bits per heavy atom. The van der Waals surface area contributed by atoms with E-state index >= 15 is 0 Å². The SMILES string of the molecule is N#Cc1ccccc1CSCCN[C@H]1C[C@H]2C[C@H]1[C@H]1CCC[C@H]21. The van der Waals surface area contributed by atoms with Crippen LogP contribution in [0.1, 0.15) is 43.2 Å². The predicted molar refractivity (Wildman–Crippen MR) is 96.2 cm³/mol. The normalized spacial score (nSPS) is 34.5. The Morgan fingerprint density at radius 2 is 2.00 bits per heavy atom. The lowest BCUT2D eigenvalue weighted by Gasteiger charge is -2.32. The van der Waals surface area contributed by atoms with Crippen molar-refractivity contribution < 1.29 is 0 Å². The summed E-state index contributed by atoms with van der Waals surface area (Å²) >= 11 is 1.95. The molecule has 0 heterocycles. The Kier molecular flexibility index (Phi) is 4.64. The number of fused-ring (bicyclic) bond motifs is 5. The van der Waals surface area contributed by atoms with Gasteiger partial charge in [-0.2, -0.15) is 17.0 Å².